The molecule has 22 heteroatoms. The second-order valence-corrected chi connectivity index (χ2v) is 28.5. The summed E-state index contributed by atoms with van der Waals surface area (Å²) in [6.07, 6.45) is 5.50. The van der Waals surface area contributed by atoms with Gasteiger partial charge in [-0.1, -0.05) is 92.4 Å². The van der Waals surface area contributed by atoms with Crippen LogP contribution in [-0.4, -0.2) is 140 Å². The molecule has 12 rings (SSSR count). The Kier molecular flexibility index (Phi) is 23.2. The van der Waals surface area contributed by atoms with E-state index in [1.807, 2.05) is 90.0 Å². The number of anilines is 2. The topological polar surface area (TPSA) is 266 Å². The summed E-state index contributed by atoms with van der Waals surface area (Å²) < 4.78 is 35.4. The van der Waals surface area contributed by atoms with Gasteiger partial charge >= 0.3 is 6.09 Å². The van der Waals surface area contributed by atoms with Crippen LogP contribution in [0.2, 0.25) is 0 Å². The molecule has 1 spiro atoms. The number of ketones is 3. The number of benzene rings is 6. The van der Waals surface area contributed by atoms with Gasteiger partial charge in [0.25, 0.3) is 11.8 Å². The van der Waals surface area contributed by atoms with E-state index in [4.69, 9.17) is 28.4 Å². The maximum atomic E-state index is 14.5. The average Bonchev–Trinajstić information content (AvgIpc) is 1.57. The first-order valence-electron chi connectivity index (χ1n) is 36.2. The third-order valence-corrected chi connectivity index (χ3v) is 21.0. The number of para-hydroxylation sites is 1. The van der Waals surface area contributed by atoms with E-state index in [1.54, 1.807) is 87.3 Å². The number of carbonyl (C=O) groups excluding carboxylic acids is 9. The minimum Gasteiger partial charge on any atom is -0.497 e. The predicted molar refractivity (Wildman–Crippen MR) is 392 cm³/mol. The van der Waals surface area contributed by atoms with Gasteiger partial charge in [0.15, 0.2) is 40.8 Å². The molecule has 0 aromatic heterocycles. The maximum absolute atomic E-state index is 14.5. The molecular weight excluding hydrogens is 1340 g/mol. The normalized spacial score (nSPS) is 17.8. The quantitative estimate of drug-likeness (QED) is 0.0279. The number of ether oxygens (including phenoxy) is 6. The number of aryl methyl sites for hydroxylation is 1. The van der Waals surface area contributed by atoms with Crippen LogP contribution in [0.1, 0.15) is 164 Å². The summed E-state index contributed by atoms with van der Waals surface area (Å²) in [7, 11) is 4.67. The van der Waals surface area contributed by atoms with Crippen molar-refractivity contribution in [1.29, 1.82) is 0 Å². The largest absolute Gasteiger partial charge is 0.497 e. The Bertz CT molecular complexity index is 4420. The Morgan fingerprint density at radius 2 is 1.34 bits per heavy atom. The molecule has 548 valence electrons. The van der Waals surface area contributed by atoms with Gasteiger partial charge in [-0.25, -0.2) is 9.69 Å². The summed E-state index contributed by atoms with van der Waals surface area (Å²) in [6, 6.07) is 34.9. The number of unbranched alkanes of at least 4 members (excludes halogenated alkanes) is 2. The van der Waals surface area contributed by atoms with Crippen LogP contribution in [0.4, 0.5) is 16.2 Å². The number of methoxy groups -OCH3 is 3. The van der Waals surface area contributed by atoms with Crippen molar-refractivity contribution in [1.82, 2.24) is 20.4 Å². The summed E-state index contributed by atoms with van der Waals surface area (Å²) in [5.41, 5.74) is 8.07. The zero-order valence-corrected chi connectivity index (χ0v) is 60.3. The zero-order valence-electron chi connectivity index (χ0n) is 60.3. The minimum absolute atomic E-state index is 0.0384. The molecule has 6 amide bonds. The summed E-state index contributed by atoms with van der Waals surface area (Å²) in [5, 5.41) is 17.5. The fourth-order valence-corrected chi connectivity index (χ4v) is 14.5. The third kappa shape index (κ3) is 17.2. The Hall–Kier alpha value is -10.8. The molecule has 6 aromatic rings. The third-order valence-electron chi connectivity index (χ3n) is 21.0. The molecule has 6 aliphatic rings. The maximum Gasteiger partial charge on any atom is 0.416 e. The molecule has 6 aromatic carbocycles. The monoisotopic (exact) mass is 1430 g/mol. The lowest BCUT2D eigenvalue weighted by Crippen LogP contribution is -2.50. The lowest BCUT2D eigenvalue weighted by atomic mass is 9.89. The molecule has 5 heterocycles. The lowest BCUT2D eigenvalue weighted by molar-refractivity contribution is -0.133. The molecule has 0 radical (unpaired) electrons. The highest BCUT2D eigenvalue weighted by molar-refractivity contribution is 6.06. The van der Waals surface area contributed by atoms with E-state index in [2.05, 4.69) is 22.5 Å². The van der Waals surface area contributed by atoms with Gasteiger partial charge in [-0.3, -0.25) is 38.4 Å². The number of nitrogens with zero attached hydrogens (tertiary/aromatic N) is 4. The average molecular weight is 1430 g/mol. The molecular formula is C83H90N6O16. The first-order chi connectivity index (χ1) is 50.7. The second-order valence-electron chi connectivity index (χ2n) is 28.5. The number of amides is 6. The van der Waals surface area contributed by atoms with E-state index in [1.165, 1.54) is 7.11 Å². The molecule has 5 atom stereocenters. The van der Waals surface area contributed by atoms with Crippen molar-refractivity contribution < 1.29 is 76.7 Å². The minimum atomic E-state index is -1.46. The van der Waals surface area contributed by atoms with Gasteiger partial charge < -0.3 is 58.9 Å². The van der Waals surface area contributed by atoms with E-state index in [-0.39, 0.29) is 128 Å². The predicted octanol–water partition coefficient (Wildman–Crippen LogP) is 11.1. The van der Waals surface area contributed by atoms with E-state index in [0.717, 1.165) is 64.2 Å². The molecule has 5 aliphatic heterocycles. The SMILES string of the molecule is COc1ccc(C2=CN3C(=O)c4cc(OC)c(OCCCCCOc5cc6c(cc5OC)C(=O)N5CC7(CC7)C[C@H]5[C@@H](O)N6C(=O)OCc5ccc(CC(=O)[C@H](C)NC(=O)[C@@H](CC(=O)CNC(=O)CCC(=O)CCC(=O)N6Cc7ccccc7C#Cc7ccccc76)C(C)C)cc5)cc4CC[C@@H]3C2)cc1. The van der Waals surface area contributed by atoms with Gasteiger partial charge in [-0.05, 0) is 158 Å². The number of hydrogen-bond acceptors (Lipinski definition) is 16. The smallest absolute Gasteiger partial charge is 0.416 e. The fraction of sp³-hybridized carbons (Fsp3) is 0.410. The Balaban J connectivity index is 0.591. The fourth-order valence-electron chi connectivity index (χ4n) is 14.5. The number of nitrogens with one attached hydrogen (secondary N) is 2. The van der Waals surface area contributed by atoms with E-state index < -0.39 is 47.9 Å². The molecule has 2 fully saturated rings. The van der Waals surface area contributed by atoms with E-state index in [0.29, 0.717) is 91.2 Å². The van der Waals surface area contributed by atoms with Crippen LogP contribution in [0.25, 0.3) is 5.57 Å². The van der Waals surface area contributed by atoms with Crippen molar-refractivity contribution in [3.8, 4) is 40.6 Å². The Morgan fingerprint density at radius 1 is 0.676 bits per heavy atom. The van der Waals surface area contributed by atoms with E-state index >= 15 is 0 Å². The molecule has 22 nitrogen and oxygen atoms in total. The molecule has 3 N–H and O–H groups in total. The van der Waals surface area contributed by atoms with Gasteiger partial charge in [-0.15, -0.1) is 0 Å². The second kappa shape index (κ2) is 32.9. The Morgan fingerprint density at radius 3 is 2.05 bits per heavy atom. The highest BCUT2D eigenvalue weighted by Crippen LogP contribution is 2.57. The van der Waals surface area contributed by atoms with Crippen LogP contribution in [0, 0.1) is 29.1 Å². The van der Waals surface area contributed by atoms with Gasteiger partial charge in [0.1, 0.15) is 18.1 Å². The van der Waals surface area contributed by atoms with Gasteiger partial charge in [-0.2, -0.15) is 0 Å². The lowest BCUT2D eigenvalue weighted by Gasteiger charge is -2.31. The molecule has 1 saturated heterocycles. The van der Waals surface area contributed by atoms with Gasteiger partial charge in [0.2, 0.25) is 17.7 Å². The zero-order chi connectivity index (χ0) is 74.1. The van der Waals surface area contributed by atoms with Crippen LogP contribution in [0.5, 0.6) is 28.7 Å². The summed E-state index contributed by atoms with van der Waals surface area (Å²) >= 11 is 0. The number of carbonyl (C=O) groups is 9. The van der Waals surface area contributed by atoms with Crippen molar-refractivity contribution >= 4 is 69.9 Å². The highest BCUT2D eigenvalue weighted by atomic mass is 16.6. The van der Waals surface area contributed by atoms with Crippen molar-refractivity contribution in [2.75, 3.05) is 57.4 Å². The van der Waals surface area contributed by atoms with Gasteiger partial charge in [0, 0.05) is 86.0 Å². The number of rotatable bonds is 30. The van der Waals surface area contributed by atoms with Gasteiger partial charge in [0.05, 0.1) is 76.7 Å². The summed E-state index contributed by atoms with van der Waals surface area (Å²) in [6.45, 7) is 5.92. The van der Waals surface area contributed by atoms with Crippen molar-refractivity contribution in [2.45, 2.75) is 155 Å². The van der Waals surface area contributed by atoms with Crippen LogP contribution in [-0.2, 0) is 59.5 Å². The van der Waals surface area contributed by atoms with Crippen molar-refractivity contribution in [3.63, 3.8) is 0 Å². The molecule has 105 heavy (non-hydrogen) atoms. The van der Waals surface area contributed by atoms with Crippen LogP contribution in [0.3, 0.4) is 0 Å². The highest BCUT2D eigenvalue weighted by Gasteiger charge is 2.58. The number of fused-ring (bicyclic) bond motifs is 6. The summed E-state index contributed by atoms with van der Waals surface area (Å²) in [5.74, 6) is 4.94. The molecule has 1 aliphatic carbocycles. The van der Waals surface area contributed by atoms with Crippen LogP contribution in [0.15, 0.2) is 128 Å². The van der Waals surface area contributed by atoms with E-state index in [9.17, 15) is 48.3 Å². The first-order valence-corrected chi connectivity index (χ1v) is 36.2. The molecule has 1 saturated carbocycles. The van der Waals surface area contributed by atoms with Crippen molar-refractivity contribution in [2.24, 2.45) is 17.3 Å². The van der Waals surface area contributed by atoms with Crippen LogP contribution >= 0.6 is 0 Å². The summed E-state index contributed by atoms with van der Waals surface area (Å²) in [4.78, 5) is 129. The standard InChI is InChI=1S/C83H90N6O16/c1-51(2)65(41-63(91)46-84-76(93)32-28-62(90)29-33-77(94)87-47-59-16-9-8-14-55(59)22-23-57-15-10-11-17-68(57)87)78(95)85-52(3)71(92)38-53-18-20-54(21-19-53)49-105-82(99)89-69-44-75(73(102-6)43-67(69)80(97)88-50-83(34-35-83)45-70(88)81(89)98)104-37-13-7-12-36-103-74-40-58-24-27-61-39-60(56-25-30-64(100-4)31-26-56)48-86(61)79(96)66(58)42-72(74)101-5/h8-11,14-21,25-26,30-31,40,42-44,48,51-52,61,65,70,81,98H,7,12-13,24,27-29,32-39,41,45-47,49-50H2,1-6H3,(H,84,93)(H,85,95)/t52-,61+,65-,70-,81+/m0/s1. The number of Topliss-reactive ketones (excluding diaryl/α,β-unsaturated/α-hetero) is 3. The first kappa shape index (κ1) is 73.9. The van der Waals surface area contributed by atoms with Crippen molar-refractivity contribution in [3.05, 3.63) is 178 Å². The molecule has 0 bridgehead atoms. The number of aliphatic hydroxyl groups is 1. The number of hydrogen-bond donors (Lipinski definition) is 3. The Labute approximate surface area is 611 Å². The number of aliphatic hydroxyl groups excluding tert-OH is 1. The molecule has 0 unspecified atom stereocenters. The van der Waals surface area contributed by atoms with Crippen LogP contribution < -0.4 is 44.1 Å².